The van der Waals surface area contributed by atoms with Crippen molar-refractivity contribution in [3.63, 3.8) is 0 Å². The Kier molecular flexibility index (Phi) is 5.85. The maximum atomic E-state index is 13.0. The van der Waals surface area contributed by atoms with E-state index in [-0.39, 0.29) is 5.91 Å². The Morgan fingerprint density at radius 2 is 2.03 bits per heavy atom. The van der Waals surface area contributed by atoms with Crippen LogP contribution in [0.15, 0.2) is 30.7 Å². The molecule has 1 saturated heterocycles. The van der Waals surface area contributed by atoms with Gasteiger partial charge in [0.1, 0.15) is 6.33 Å². The van der Waals surface area contributed by atoms with Gasteiger partial charge in [-0.1, -0.05) is 0 Å². The van der Waals surface area contributed by atoms with Gasteiger partial charge in [-0.15, -0.1) is 0 Å². The summed E-state index contributed by atoms with van der Waals surface area (Å²) in [6, 6.07) is 4.15. The van der Waals surface area contributed by atoms with Gasteiger partial charge >= 0.3 is 201 Å². The van der Waals surface area contributed by atoms with Gasteiger partial charge in [0.15, 0.2) is 0 Å². The van der Waals surface area contributed by atoms with Gasteiger partial charge in [0, 0.05) is 0 Å². The SMILES string of the molecule is C[C@H]1N(CC(F)(F)F)C(=O)C(NC(=O)c2ccc3c(c2)C[C@@]2(C3)C(=O)Nc3ncncc32)C[At]1C. The van der Waals surface area contributed by atoms with Crippen LogP contribution in [0.3, 0.4) is 0 Å². The Bertz CT molecular complexity index is 1240. The molecule has 1 spiro atoms. The Morgan fingerprint density at radius 3 is 2.77 bits per heavy atom. The molecule has 2 aromatic rings. The number of aromatic nitrogens is 2. The standard InChI is InChI=1S/C23H23AtF3N5O3/c1-12-24(2)8-17(20(34)32(12)10-23(25,26)27)30-19(33)13-3-4-14-6-22(7-15(14)5-13)16-9-28-11-29-18(16)31-21(22)35/h3-5,9,11-12,17H,6-8,10H2,1-2H3,(H,30,33)(H,28,29,31,35)/t12-,17?,22-/m1/s1. The number of carbonyl (C=O) groups is 3. The van der Waals surface area contributed by atoms with E-state index in [1.165, 1.54) is 6.33 Å². The van der Waals surface area contributed by atoms with Crippen LogP contribution in [0.1, 0.15) is 34.0 Å². The Labute approximate surface area is 207 Å². The molecule has 35 heavy (non-hydrogen) atoms. The molecule has 1 aliphatic carbocycles. The number of nitrogens with one attached hydrogen (secondary N) is 2. The first kappa shape index (κ1) is 24.1. The van der Waals surface area contributed by atoms with Crippen molar-refractivity contribution in [1.29, 1.82) is 0 Å². The summed E-state index contributed by atoms with van der Waals surface area (Å²) in [7, 11) is 0. The first-order valence-corrected chi connectivity index (χ1v) is 17.7. The van der Waals surface area contributed by atoms with Gasteiger partial charge in [-0.05, 0) is 0 Å². The fraction of sp³-hybridized carbons (Fsp3) is 0.435. The van der Waals surface area contributed by atoms with Gasteiger partial charge in [-0.25, -0.2) is 0 Å². The first-order chi connectivity index (χ1) is 16.5. The van der Waals surface area contributed by atoms with Gasteiger partial charge in [0.05, 0.1) is 0 Å². The van der Waals surface area contributed by atoms with Crippen molar-refractivity contribution in [3.05, 3.63) is 53.0 Å². The molecule has 1 aromatic heterocycles. The average molecular weight is 684 g/mol. The van der Waals surface area contributed by atoms with Crippen molar-refractivity contribution < 1.29 is 49.3 Å². The van der Waals surface area contributed by atoms with Crippen LogP contribution in [0.2, 0.25) is 8.76 Å². The molecule has 3 atom stereocenters. The number of benzene rings is 1. The van der Waals surface area contributed by atoms with Crippen molar-refractivity contribution in [2.45, 2.75) is 49.9 Å². The average Bonchev–Trinajstić information content (AvgIpc) is 3.31. The topological polar surface area (TPSA) is 104 Å². The van der Waals surface area contributed by atoms with E-state index >= 15 is 0 Å². The minimum absolute atomic E-state index is 0.164. The van der Waals surface area contributed by atoms with Crippen LogP contribution >= 0.6 is 0 Å². The predicted octanol–water partition coefficient (Wildman–Crippen LogP) is 2.40. The van der Waals surface area contributed by atoms with E-state index in [0.717, 1.165) is 21.6 Å². The zero-order valence-corrected chi connectivity index (χ0v) is 21.9. The summed E-state index contributed by atoms with van der Waals surface area (Å²) in [5.74, 6) is -0.876. The number of halogens is 3. The molecule has 0 saturated carbocycles. The monoisotopic (exact) mass is 684 g/mol. The molecule has 2 aliphatic heterocycles. The third-order valence-electron chi connectivity index (χ3n) is 6.95. The number of hydrogen-bond donors (Lipinski definition) is 2. The second-order valence-electron chi connectivity index (χ2n) is 9.13. The Balaban J connectivity index is 1.34. The van der Waals surface area contributed by atoms with Crippen molar-refractivity contribution in [1.82, 2.24) is 20.2 Å². The van der Waals surface area contributed by atoms with Crippen LogP contribution in [0.4, 0.5) is 19.0 Å². The number of anilines is 1. The van der Waals surface area contributed by atoms with E-state index in [0.29, 0.717) is 28.4 Å². The van der Waals surface area contributed by atoms with Gasteiger partial charge in [-0.3, -0.25) is 0 Å². The number of alkyl halides is 3. The Hall–Kier alpha value is -2.62. The Morgan fingerprint density at radius 1 is 1.29 bits per heavy atom. The normalized spacial score (nSPS) is 26.5. The summed E-state index contributed by atoms with van der Waals surface area (Å²) in [6.07, 6.45) is -0.664. The summed E-state index contributed by atoms with van der Waals surface area (Å²) in [5.41, 5.74) is 1.95. The molecule has 5 rings (SSSR count). The zero-order chi connectivity index (χ0) is 25.1. The van der Waals surface area contributed by atoms with Crippen LogP contribution < -0.4 is 10.6 Å². The summed E-state index contributed by atoms with van der Waals surface area (Å²) >= 11 is -2.22. The van der Waals surface area contributed by atoms with Crippen LogP contribution in [0, 0.1) is 21.8 Å². The number of amides is 3. The molecule has 3 heterocycles. The molecule has 1 fully saturated rings. The molecule has 3 aliphatic rings. The van der Waals surface area contributed by atoms with Crippen molar-refractivity contribution in [3.8, 4) is 0 Å². The molecule has 1 unspecified atom stereocenters. The maximum absolute atomic E-state index is 13.0. The first-order valence-electron chi connectivity index (χ1n) is 10.9. The molecule has 8 nitrogen and oxygen atoms in total. The second kappa shape index (κ2) is 8.50. The number of rotatable bonds is 3. The van der Waals surface area contributed by atoms with E-state index < -0.39 is 61.5 Å². The van der Waals surface area contributed by atoms with Crippen molar-refractivity contribution in [2.24, 2.45) is 0 Å². The molecule has 12 heteroatoms. The number of fused-ring (bicyclic) bond motifs is 3. The molecule has 1 aromatic carbocycles. The molecule has 2 N–H and O–H groups in total. The van der Waals surface area contributed by atoms with Gasteiger partial charge < -0.3 is 0 Å². The summed E-state index contributed by atoms with van der Waals surface area (Å²) in [6.45, 7) is 0.368. The fourth-order valence-corrected chi connectivity index (χ4v) is 11.0. The van der Waals surface area contributed by atoms with E-state index in [9.17, 15) is 27.6 Å². The summed E-state index contributed by atoms with van der Waals surface area (Å²) in [5, 5.41) is 5.48. The molecule has 3 amide bonds. The minimum atomic E-state index is -4.50. The third kappa shape index (κ3) is 4.19. The summed E-state index contributed by atoms with van der Waals surface area (Å²) in [4.78, 5) is 47.8. The molecule has 0 bridgehead atoms. The van der Waals surface area contributed by atoms with E-state index in [1.807, 2.05) is 4.63 Å². The number of carbonyl (C=O) groups excluding carboxylic acids is 3. The van der Waals surface area contributed by atoms with Gasteiger partial charge in [-0.2, -0.15) is 0 Å². The zero-order valence-electron chi connectivity index (χ0n) is 18.9. The van der Waals surface area contributed by atoms with Gasteiger partial charge in [0.25, 0.3) is 0 Å². The van der Waals surface area contributed by atoms with E-state index in [2.05, 4.69) is 20.6 Å². The summed E-state index contributed by atoms with van der Waals surface area (Å²) < 4.78 is 41.1. The predicted molar refractivity (Wildman–Crippen MR) is 115 cm³/mol. The molecular formula is C23H23AtF3N5O3. The molecular weight excluding hydrogens is 661 g/mol. The van der Waals surface area contributed by atoms with Crippen LogP contribution in [0.25, 0.3) is 0 Å². The van der Waals surface area contributed by atoms with Crippen molar-refractivity contribution >= 4 is 23.5 Å². The van der Waals surface area contributed by atoms with E-state index in [1.54, 1.807) is 31.3 Å². The van der Waals surface area contributed by atoms with Crippen molar-refractivity contribution in [2.75, 3.05) is 11.9 Å². The second-order valence-corrected chi connectivity index (χ2v) is 17.8. The number of hydrogen-bond acceptors (Lipinski definition) is 5. The third-order valence-corrected chi connectivity index (χ3v) is 15.1. The molecule has 0 radical (unpaired) electrons. The fourth-order valence-electron chi connectivity index (χ4n) is 5.05. The van der Waals surface area contributed by atoms with Gasteiger partial charge in [0.2, 0.25) is 0 Å². The van der Waals surface area contributed by atoms with Crippen LogP contribution in [-0.4, -0.2) is 55.1 Å². The number of nitrogens with zero attached hydrogens (tertiary/aromatic N) is 3. The van der Waals surface area contributed by atoms with E-state index in [4.69, 9.17) is 0 Å². The molecule has 186 valence electrons. The quantitative estimate of drug-likeness (QED) is 0.518. The van der Waals surface area contributed by atoms with Crippen LogP contribution in [0.5, 0.6) is 0 Å². The van der Waals surface area contributed by atoms with Crippen LogP contribution in [-0.2, 0) is 27.8 Å².